The van der Waals surface area contributed by atoms with Crippen molar-refractivity contribution in [2.75, 3.05) is 32.8 Å². The number of rotatable bonds is 7. The summed E-state index contributed by atoms with van der Waals surface area (Å²) in [5.41, 5.74) is 4.11. The van der Waals surface area contributed by atoms with Gasteiger partial charge in [0.25, 0.3) is 5.91 Å². The van der Waals surface area contributed by atoms with Gasteiger partial charge in [0.2, 0.25) is 0 Å². The molecule has 1 unspecified atom stereocenters. The van der Waals surface area contributed by atoms with Gasteiger partial charge in [-0.1, -0.05) is 60.7 Å². The second-order valence-electron chi connectivity index (χ2n) is 9.19. The highest BCUT2D eigenvalue weighted by molar-refractivity contribution is 6.06. The minimum Gasteiger partial charge on any atom is -0.379 e. The Kier molecular flexibility index (Phi) is 6.88. The van der Waals surface area contributed by atoms with E-state index < -0.39 is 0 Å². The van der Waals surface area contributed by atoms with E-state index in [1.165, 1.54) is 0 Å². The first-order valence-corrected chi connectivity index (χ1v) is 12.2. The molecule has 0 saturated carbocycles. The van der Waals surface area contributed by atoms with E-state index in [0.29, 0.717) is 5.56 Å². The number of carbonyl (C=O) groups is 1. The van der Waals surface area contributed by atoms with Crippen LogP contribution in [0.1, 0.15) is 41.9 Å². The summed E-state index contributed by atoms with van der Waals surface area (Å²) in [6.07, 6.45) is 1.76. The van der Waals surface area contributed by atoms with Crippen LogP contribution in [-0.4, -0.2) is 58.4 Å². The van der Waals surface area contributed by atoms with E-state index in [9.17, 15) is 4.79 Å². The van der Waals surface area contributed by atoms with Crippen molar-refractivity contribution in [2.24, 2.45) is 0 Å². The second kappa shape index (κ2) is 10.4. The first kappa shape index (κ1) is 23.2. The normalized spacial score (nSPS) is 15.4. The summed E-state index contributed by atoms with van der Waals surface area (Å²) in [4.78, 5) is 21.1. The Labute approximate surface area is 205 Å². The molecule has 2 aromatic heterocycles. The van der Waals surface area contributed by atoms with Crippen LogP contribution >= 0.6 is 0 Å². The van der Waals surface area contributed by atoms with E-state index in [-0.39, 0.29) is 18.0 Å². The van der Waals surface area contributed by atoms with Gasteiger partial charge in [-0.2, -0.15) is 5.10 Å². The zero-order chi connectivity index (χ0) is 24.2. The molecule has 35 heavy (non-hydrogen) atoms. The molecule has 1 aliphatic rings. The molecule has 1 amide bonds. The van der Waals surface area contributed by atoms with Gasteiger partial charge in [0.05, 0.1) is 42.1 Å². The maximum absolute atomic E-state index is 13.8. The highest BCUT2D eigenvalue weighted by Gasteiger charge is 2.24. The number of morpholine rings is 1. The molecule has 2 aromatic carbocycles. The van der Waals surface area contributed by atoms with Gasteiger partial charge < -0.3 is 10.1 Å². The molecular formula is C28H31N5O2. The van der Waals surface area contributed by atoms with E-state index in [0.717, 1.165) is 60.7 Å². The summed E-state index contributed by atoms with van der Waals surface area (Å²) < 4.78 is 7.39. The number of nitrogens with zero attached hydrogens (tertiary/aromatic N) is 4. The number of hydrogen-bond acceptors (Lipinski definition) is 5. The topological polar surface area (TPSA) is 72.3 Å². The second-order valence-corrected chi connectivity index (χ2v) is 9.19. The van der Waals surface area contributed by atoms with Crippen molar-refractivity contribution >= 4 is 16.9 Å². The zero-order valence-corrected chi connectivity index (χ0v) is 20.2. The zero-order valence-electron chi connectivity index (χ0n) is 20.2. The van der Waals surface area contributed by atoms with Gasteiger partial charge in [0, 0.05) is 31.2 Å². The van der Waals surface area contributed by atoms with Crippen LogP contribution in [0.25, 0.3) is 22.3 Å². The number of carbonyl (C=O) groups excluding carboxylic acids is 1. The van der Waals surface area contributed by atoms with Gasteiger partial charge in [-0.15, -0.1) is 0 Å². The van der Waals surface area contributed by atoms with Crippen molar-refractivity contribution in [3.05, 3.63) is 84.1 Å². The molecule has 1 saturated heterocycles. The molecule has 180 valence electrons. The van der Waals surface area contributed by atoms with E-state index >= 15 is 0 Å². The lowest BCUT2D eigenvalue weighted by molar-refractivity contribution is 0.0332. The van der Waals surface area contributed by atoms with Crippen LogP contribution in [-0.2, 0) is 4.74 Å². The fourth-order valence-electron chi connectivity index (χ4n) is 4.54. The van der Waals surface area contributed by atoms with Crippen LogP contribution in [0, 0.1) is 0 Å². The number of aromatic nitrogens is 3. The molecule has 0 radical (unpaired) electrons. The monoisotopic (exact) mass is 469 g/mol. The van der Waals surface area contributed by atoms with Crippen molar-refractivity contribution in [1.29, 1.82) is 0 Å². The summed E-state index contributed by atoms with van der Waals surface area (Å²) in [6, 6.07) is 22.0. The standard InChI is InChI=1S/C28H31N5O2/c1-20(2)33-27-24(18-29-33)23(17-25(30-27)21-9-5-3-6-10-21)28(34)31-26(22-11-7-4-8-12-22)19-32-13-15-35-16-14-32/h3-12,17-18,20,26H,13-16,19H2,1-2H3,(H,31,34). The predicted octanol–water partition coefficient (Wildman–Crippen LogP) is 4.48. The summed E-state index contributed by atoms with van der Waals surface area (Å²) >= 11 is 0. The van der Waals surface area contributed by atoms with Crippen LogP contribution in [0.2, 0.25) is 0 Å². The average molecular weight is 470 g/mol. The van der Waals surface area contributed by atoms with E-state index in [1.54, 1.807) is 6.20 Å². The number of amides is 1. The number of hydrogen-bond donors (Lipinski definition) is 1. The Bertz CT molecular complexity index is 1280. The van der Waals surface area contributed by atoms with Crippen molar-refractivity contribution in [1.82, 2.24) is 25.0 Å². The average Bonchev–Trinajstić information content (AvgIpc) is 3.34. The predicted molar refractivity (Wildman–Crippen MR) is 137 cm³/mol. The summed E-state index contributed by atoms with van der Waals surface area (Å²) in [7, 11) is 0. The quantitative estimate of drug-likeness (QED) is 0.432. The Morgan fingerprint density at radius 2 is 1.71 bits per heavy atom. The minimum atomic E-state index is -0.148. The van der Waals surface area contributed by atoms with Gasteiger partial charge in [-0.3, -0.25) is 9.69 Å². The van der Waals surface area contributed by atoms with Gasteiger partial charge in [0.1, 0.15) is 0 Å². The molecule has 3 heterocycles. The third kappa shape index (κ3) is 5.11. The molecule has 0 spiro atoms. The minimum absolute atomic E-state index is 0.125. The maximum atomic E-state index is 13.8. The molecule has 0 bridgehead atoms. The molecule has 0 aliphatic carbocycles. The fourth-order valence-corrected chi connectivity index (χ4v) is 4.54. The molecule has 4 aromatic rings. The number of ether oxygens (including phenoxy) is 1. The fraction of sp³-hybridized carbons (Fsp3) is 0.321. The number of fused-ring (bicyclic) bond motifs is 1. The SMILES string of the molecule is CC(C)n1ncc2c(C(=O)NC(CN3CCOCC3)c3ccccc3)cc(-c3ccccc3)nc21. The summed E-state index contributed by atoms with van der Waals surface area (Å²) in [6.45, 7) is 8.01. The molecular weight excluding hydrogens is 438 g/mol. The lowest BCUT2D eigenvalue weighted by Crippen LogP contribution is -2.43. The molecule has 7 nitrogen and oxygen atoms in total. The summed E-state index contributed by atoms with van der Waals surface area (Å²) in [5.74, 6) is -0.125. The molecule has 1 N–H and O–H groups in total. The van der Waals surface area contributed by atoms with Gasteiger partial charge >= 0.3 is 0 Å². The molecule has 1 fully saturated rings. The summed E-state index contributed by atoms with van der Waals surface area (Å²) in [5, 5.41) is 8.63. The van der Waals surface area contributed by atoms with Gasteiger partial charge in [-0.05, 0) is 25.5 Å². The Morgan fingerprint density at radius 3 is 2.40 bits per heavy atom. The largest absolute Gasteiger partial charge is 0.379 e. The van der Waals surface area contributed by atoms with Crippen LogP contribution in [0.4, 0.5) is 0 Å². The Balaban J connectivity index is 1.53. The van der Waals surface area contributed by atoms with Crippen molar-refractivity contribution in [3.63, 3.8) is 0 Å². The Hall–Kier alpha value is -3.55. The first-order chi connectivity index (χ1) is 17.1. The van der Waals surface area contributed by atoms with Crippen LogP contribution < -0.4 is 5.32 Å². The van der Waals surface area contributed by atoms with Crippen molar-refractivity contribution in [2.45, 2.75) is 25.9 Å². The molecule has 7 heteroatoms. The van der Waals surface area contributed by atoms with Crippen LogP contribution in [0.15, 0.2) is 72.9 Å². The number of pyridine rings is 1. The maximum Gasteiger partial charge on any atom is 0.252 e. The van der Waals surface area contributed by atoms with E-state index in [2.05, 4.69) is 41.3 Å². The number of benzene rings is 2. The van der Waals surface area contributed by atoms with Crippen molar-refractivity contribution < 1.29 is 9.53 Å². The van der Waals surface area contributed by atoms with Gasteiger partial charge in [-0.25, -0.2) is 9.67 Å². The third-order valence-corrected chi connectivity index (χ3v) is 6.42. The lowest BCUT2D eigenvalue weighted by Gasteiger charge is -2.31. The van der Waals surface area contributed by atoms with E-state index in [4.69, 9.17) is 9.72 Å². The van der Waals surface area contributed by atoms with Gasteiger partial charge in [0.15, 0.2) is 5.65 Å². The Morgan fingerprint density at radius 1 is 1.03 bits per heavy atom. The van der Waals surface area contributed by atoms with Crippen molar-refractivity contribution in [3.8, 4) is 11.3 Å². The molecule has 1 aliphatic heterocycles. The third-order valence-electron chi connectivity index (χ3n) is 6.42. The first-order valence-electron chi connectivity index (χ1n) is 12.2. The lowest BCUT2D eigenvalue weighted by atomic mass is 10.0. The van der Waals surface area contributed by atoms with Crippen LogP contribution in [0.5, 0.6) is 0 Å². The van der Waals surface area contributed by atoms with Crippen LogP contribution in [0.3, 0.4) is 0 Å². The smallest absolute Gasteiger partial charge is 0.252 e. The highest BCUT2D eigenvalue weighted by Crippen LogP contribution is 2.27. The number of nitrogens with one attached hydrogen (secondary N) is 1. The van der Waals surface area contributed by atoms with E-state index in [1.807, 2.05) is 59.3 Å². The molecule has 5 rings (SSSR count). The molecule has 1 atom stereocenters. The highest BCUT2D eigenvalue weighted by atomic mass is 16.5.